The van der Waals surface area contributed by atoms with Crippen molar-refractivity contribution in [3.8, 4) is 0 Å². The fourth-order valence-corrected chi connectivity index (χ4v) is 4.08. The number of pyridine rings is 1. The third-order valence-electron chi connectivity index (χ3n) is 3.55. The fraction of sp³-hybridized carbons (Fsp3) is 0.500. The third-order valence-corrected chi connectivity index (χ3v) is 5.39. The summed E-state index contributed by atoms with van der Waals surface area (Å²) >= 11 is 0. The fourth-order valence-electron chi connectivity index (χ4n) is 2.52. The van der Waals surface area contributed by atoms with Crippen LogP contribution in [0.2, 0.25) is 0 Å². The van der Waals surface area contributed by atoms with Crippen LogP contribution in [-0.2, 0) is 14.8 Å². The van der Waals surface area contributed by atoms with Crippen molar-refractivity contribution >= 4 is 15.9 Å². The normalized spacial score (nSPS) is 26.0. The quantitative estimate of drug-likeness (QED) is 0.700. The summed E-state index contributed by atoms with van der Waals surface area (Å²) in [5.74, 6) is -0.233. The number of morpholine rings is 1. The molecular weight excluding hydrogens is 282 g/mol. The van der Waals surface area contributed by atoms with E-state index in [2.05, 4.69) is 4.98 Å². The molecule has 108 valence electrons. The Kier molecular flexibility index (Phi) is 3.45. The van der Waals surface area contributed by atoms with Gasteiger partial charge in [0.25, 0.3) is 5.91 Å². The first-order valence-corrected chi connectivity index (χ1v) is 7.99. The molecule has 3 heterocycles. The zero-order valence-corrected chi connectivity index (χ0v) is 11.6. The second-order valence-corrected chi connectivity index (χ2v) is 6.76. The zero-order valence-electron chi connectivity index (χ0n) is 10.8. The first-order valence-electron chi connectivity index (χ1n) is 6.38. The van der Waals surface area contributed by atoms with Crippen LogP contribution in [-0.4, -0.2) is 66.7 Å². The molecule has 2 saturated heterocycles. The van der Waals surface area contributed by atoms with E-state index in [-0.39, 0.29) is 24.8 Å². The number of carbonyl (C=O) groups is 1. The molecule has 8 heteroatoms. The van der Waals surface area contributed by atoms with Gasteiger partial charge in [0.05, 0.1) is 19.0 Å². The van der Waals surface area contributed by atoms with Crippen LogP contribution < -0.4 is 0 Å². The first-order chi connectivity index (χ1) is 9.59. The van der Waals surface area contributed by atoms with E-state index in [0.717, 1.165) is 0 Å². The van der Waals surface area contributed by atoms with E-state index in [1.165, 1.54) is 4.31 Å². The van der Waals surface area contributed by atoms with Crippen molar-refractivity contribution in [1.29, 1.82) is 0 Å². The molecule has 0 bridgehead atoms. The van der Waals surface area contributed by atoms with Crippen LogP contribution in [0.3, 0.4) is 0 Å². The van der Waals surface area contributed by atoms with Crippen LogP contribution in [0.4, 0.5) is 0 Å². The molecular formula is C12H15N3O4S. The van der Waals surface area contributed by atoms with Gasteiger partial charge in [-0.15, -0.1) is 0 Å². The van der Waals surface area contributed by atoms with Gasteiger partial charge in [0, 0.05) is 31.0 Å². The van der Waals surface area contributed by atoms with E-state index in [0.29, 0.717) is 18.7 Å². The number of hydrogen-bond donors (Lipinski definition) is 0. The number of aromatic nitrogens is 1. The third kappa shape index (κ3) is 2.30. The van der Waals surface area contributed by atoms with Crippen LogP contribution in [0.25, 0.3) is 0 Å². The molecule has 3 rings (SSSR count). The molecule has 2 aliphatic heterocycles. The molecule has 0 aliphatic carbocycles. The summed E-state index contributed by atoms with van der Waals surface area (Å²) in [6.45, 7) is 1.07. The summed E-state index contributed by atoms with van der Waals surface area (Å²) < 4.78 is 30.8. The highest BCUT2D eigenvalue weighted by atomic mass is 32.2. The largest absolute Gasteiger partial charge is 0.376 e. The van der Waals surface area contributed by atoms with Crippen LogP contribution in [0, 0.1) is 0 Å². The lowest BCUT2D eigenvalue weighted by molar-refractivity contribution is -0.0336. The van der Waals surface area contributed by atoms with Crippen molar-refractivity contribution < 1.29 is 17.9 Å². The number of sulfonamides is 1. The number of carbonyl (C=O) groups excluding carboxylic acids is 1. The Labute approximate surface area is 117 Å². The van der Waals surface area contributed by atoms with E-state index in [1.54, 1.807) is 29.4 Å². The summed E-state index contributed by atoms with van der Waals surface area (Å²) in [5.41, 5.74) is 0.504. The Hall–Kier alpha value is -1.51. The van der Waals surface area contributed by atoms with Gasteiger partial charge in [-0.3, -0.25) is 9.78 Å². The maximum absolute atomic E-state index is 12.5. The number of nitrogens with zero attached hydrogens (tertiary/aromatic N) is 3. The van der Waals surface area contributed by atoms with Gasteiger partial charge in [-0.25, -0.2) is 8.42 Å². The molecule has 0 radical (unpaired) electrons. The molecule has 0 N–H and O–H groups in total. The molecule has 1 aromatic heterocycles. The van der Waals surface area contributed by atoms with Gasteiger partial charge in [0.1, 0.15) is 6.17 Å². The molecule has 1 unspecified atom stereocenters. The minimum absolute atomic E-state index is 0.0413. The predicted molar refractivity (Wildman–Crippen MR) is 70.4 cm³/mol. The molecule has 20 heavy (non-hydrogen) atoms. The number of rotatable bonds is 1. The lowest BCUT2D eigenvalue weighted by Crippen LogP contribution is -2.63. The Balaban J connectivity index is 1.89. The molecule has 2 aliphatic rings. The van der Waals surface area contributed by atoms with Crippen molar-refractivity contribution in [3.63, 3.8) is 0 Å². The van der Waals surface area contributed by atoms with Crippen molar-refractivity contribution in [2.24, 2.45) is 0 Å². The van der Waals surface area contributed by atoms with Gasteiger partial charge in [-0.2, -0.15) is 4.31 Å². The lowest BCUT2D eigenvalue weighted by Gasteiger charge is -2.45. The van der Waals surface area contributed by atoms with E-state index in [9.17, 15) is 13.2 Å². The van der Waals surface area contributed by atoms with Gasteiger partial charge in [0.15, 0.2) is 0 Å². The molecule has 7 nitrogen and oxygen atoms in total. The minimum Gasteiger partial charge on any atom is -0.376 e. The van der Waals surface area contributed by atoms with Gasteiger partial charge in [-0.05, 0) is 12.1 Å². The molecule has 1 aromatic rings. The average Bonchev–Trinajstić information content (AvgIpc) is 2.48. The van der Waals surface area contributed by atoms with Crippen LogP contribution in [0.15, 0.2) is 24.5 Å². The molecule has 1 atom stereocenters. The Bertz CT molecular complexity index is 604. The summed E-state index contributed by atoms with van der Waals surface area (Å²) in [4.78, 5) is 17.9. The van der Waals surface area contributed by atoms with Crippen molar-refractivity contribution in [2.45, 2.75) is 6.17 Å². The number of fused-ring (bicyclic) bond motifs is 1. The maximum Gasteiger partial charge on any atom is 0.255 e. The highest BCUT2D eigenvalue weighted by Gasteiger charge is 2.42. The second kappa shape index (κ2) is 5.12. The molecule has 0 saturated carbocycles. The van der Waals surface area contributed by atoms with Gasteiger partial charge in [0.2, 0.25) is 10.0 Å². The Morgan fingerprint density at radius 1 is 1.30 bits per heavy atom. The van der Waals surface area contributed by atoms with E-state index in [1.807, 2.05) is 0 Å². The predicted octanol–water partition coefficient (Wildman–Crippen LogP) is -0.474. The SMILES string of the molecule is O=C(c1ccncc1)N1CCS(=O)(=O)N2CCOCC12. The van der Waals surface area contributed by atoms with Crippen LogP contribution >= 0.6 is 0 Å². The number of hydrogen-bond acceptors (Lipinski definition) is 5. The van der Waals surface area contributed by atoms with E-state index >= 15 is 0 Å². The lowest BCUT2D eigenvalue weighted by atomic mass is 10.2. The smallest absolute Gasteiger partial charge is 0.255 e. The Morgan fingerprint density at radius 2 is 2.05 bits per heavy atom. The molecule has 0 spiro atoms. The highest BCUT2D eigenvalue weighted by Crippen LogP contribution is 2.23. The summed E-state index contributed by atoms with van der Waals surface area (Å²) in [6.07, 6.45) is 2.55. The standard InChI is InChI=1S/C12H15N3O4S/c16-12(10-1-3-13-4-2-10)14-6-8-20(17,18)15-5-7-19-9-11(14)15/h1-4,11H,5-9H2. The number of ether oxygens (including phenoxy) is 1. The maximum atomic E-state index is 12.5. The molecule has 0 aromatic carbocycles. The van der Waals surface area contributed by atoms with Crippen LogP contribution in [0.5, 0.6) is 0 Å². The second-order valence-electron chi connectivity index (χ2n) is 4.72. The summed E-state index contributed by atoms with van der Waals surface area (Å²) in [5, 5.41) is 0. The van der Waals surface area contributed by atoms with Gasteiger partial charge < -0.3 is 9.64 Å². The summed E-state index contributed by atoms with van der Waals surface area (Å²) in [7, 11) is -3.29. The highest BCUT2D eigenvalue weighted by molar-refractivity contribution is 7.89. The first kappa shape index (κ1) is 13.5. The number of amides is 1. The van der Waals surface area contributed by atoms with Crippen molar-refractivity contribution in [1.82, 2.24) is 14.2 Å². The minimum atomic E-state index is -3.29. The summed E-state index contributed by atoms with van der Waals surface area (Å²) in [6, 6.07) is 3.25. The monoisotopic (exact) mass is 297 g/mol. The molecule has 1 amide bonds. The van der Waals surface area contributed by atoms with Crippen molar-refractivity contribution in [2.75, 3.05) is 32.1 Å². The van der Waals surface area contributed by atoms with Crippen molar-refractivity contribution in [3.05, 3.63) is 30.1 Å². The van der Waals surface area contributed by atoms with Gasteiger partial charge in [-0.1, -0.05) is 0 Å². The Morgan fingerprint density at radius 3 is 2.80 bits per heavy atom. The average molecular weight is 297 g/mol. The molecule has 2 fully saturated rings. The zero-order chi connectivity index (χ0) is 14.2. The van der Waals surface area contributed by atoms with E-state index < -0.39 is 16.2 Å². The van der Waals surface area contributed by atoms with Gasteiger partial charge >= 0.3 is 0 Å². The van der Waals surface area contributed by atoms with E-state index in [4.69, 9.17) is 4.74 Å². The topological polar surface area (TPSA) is 79.8 Å². The van der Waals surface area contributed by atoms with Crippen LogP contribution in [0.1, 0.15) is 10.4 Å².